The Labute approximate surface area is 140 Å². The van der Waals surface area contributed by atoms with Crippen molar-refractivity contribution in [3.63, 3.8) is 0 Å². The molecule has 1 saturated heterocycles. The third kappa shape index (κ3) is 2.92. The summed E-state index contributed by atoms with van der Waals surface area (Å²) in [5, 5.41) is 0. The van der Waals surface area contributed by atoms with Crippen LogP contribution in [0.25, 0.3) is 0 Å². The van der Waals surface area contributed by atoms with Gasteiger partial charge in [-0.3, -0.25) is 4.79 Å². The quantitative estimate of drug-likeness (QED) is 0.855. The SMILES string of the molecule is CC1C(=O)N(c2ccc(F)cc2)CCN1S(=O)(=O)c1ccccc1. The Bertz CT molecular complexity index is 838. The Morgan fingerprint density at radius 3 is 2.25 bits per heavy atom. The second kappa shape index (κ2) is 6.33. The third-order valence-corrected chi connectivity index (χ3v) is 6.07. The zero-order valence-electron chi connectivity index (χ0n) is 13.1. The second-order valence-electron chi connectivity index (χ2n) is 5.57. The van der Waals surface area contributed by atoms with Crippen LogP contribution in [0.5, 0.6) is 0 Å². The number of hydrogen-bond donors (Lipinski definition) is 0. The summed E-state index contributed by atoms with van der Waals surface area (Å²) in [5.74, 6) is -0.711. The molecule has 0 radical (unpaired) electrons. The van der Waals surface area contributed by atoms with Gasteiger partial charge in [0.25, 0.3) is 0 Å². The molecule has 126 valence electrons. The van der Waals surface area contributed by atoms with Gasteiger partial charge in [-0.05, 0) is 43.3 Å². The monoisotopic (exact) mass is 348 g/mol. The zero-order valence-corrected chi connectivity index (χ0v) is 13.9. The van der Waals surface area contributed by atoms with Crippen LogP contribution in [0.1, 0.15) is 6.92 Å². The predicted molar refractivity (Wildman–Crippen MR) is 88.5 cm³/mol. The number of benzene rings is 2. The Morgan fingerprint density at radius 2 is 1.62 bits per heavy atom. The largest absolute Gasteiger partial charge is 0.310 e. The highest BCUT2D eigenvalue weighted by molar-refractivity contribution is 7.89. The van der Waals surface area contributed by atoms with Gasteiger partial charge in [0.1, 0.15) is 11.9 Å². The van der Waals surface area contributed by atoms with Gasteiger partial charge < -0.3 is 4.90 Å². The molecule has 3 rings (SSSR count). The molecule has 7 heteroatoms. The fourth-order valence-electron chi connectivity index (χ4n) is 2.78. The molecule has 0 aliphatic carbocycles. The van der Waals surface area contributed by atoms with Crippen molar-refractivity contribution in [3.8, 4) is 0 Å². The fourth-order valence-corrected chi connectivity index (χ4v) is 4.39. The predicted octanol–water partition coefficient (Wildman–Crippen LogP) is 2.25. The molecule has 2 aromatic rings. The summed E-state index contributed by atoms with van der Waals surface area (Å²) in [6.45, 7) is 1.97. The normalized spacial score (nSPS) is 19.5. The van der Waals surface area contributed by atoms with Crippen LogP contribution in [-0.4, -0.2) is 37.8 Å². The number of amides is 1. The van der Waals surface area contributed by atoms with Crippen molar-refractivity contribution in [1.82, 2.24) is 4.31 Å². The van der Waals surface area contributed by atoms with Gasteiger partial charge >= 0.3 is 0 Å². The lowest BCUT2D eigenvalue weighted by molar-refractivity contribution is -0.123. The molecule has 1 heterocycles. The molecule has 1 fully saturated rings. The van der Waals surface area contributed by atoms with Crippen molar-refractivity contribution in [3.05, 3.63) is 60.4 Å². The number of rotatable bonds is 3. The average molecular weight is 348 g/mol. The van der Waals surface area contributed by atoms with E-state index in [4.69, 9.17) is 0 Å². The molecule has 24 heavy (non-hydrogen) atoms. The minimum Gasteiger partial charge on any atom is -0.310 e. The Balaban J connectivity index is 1.86. The van der Waals surface area contributed by atoms with Gasteiger partial charge in [0.05, 0.1) is 4.90 Å². The molecule has 0 bridgehead atoms. The van der Waals surface area contributed by atoms with Crippen molar-refractivity contribution >= 4 is 21.6 Å². The van der Waals surface area contributed by atoms with Crippen LogP contribution in [0, 0.1) is 5.82 Å². The summed E-state index contributed by atoms with van der Waals surface area (Å²) in [5.41, 5.74) is 0.560. The van der Waals surface area contributed by atoms with E-state index >= 15 is 0 Å². The van der Waals surface area contributed by atoms with Crippen LogP contribution in [0.3, 0.4) is 0 Å². The summed E-state index contributed by atoms with van der Waals surface area (Å²) in [6.07, 6.45) is 0. The topological polar surface area (TPSA) is 57.7 Å². The van der Waals surface area contributed by atoms with E-state index in [2.05, 4.69) is 0 Å². The first-order chi connectivity index (χ1) is 11.4. The number of sulfonamides is 1. The lowest BCUT2D eigenvalue weighted by Gasteiger charge is -2.38. The lowest BCUT2D eigenvalue weighted by atomic mass is 10.2. The van der Waals surface area contributed by atoms with Crippen LogP contribution in [0.2, 0.25) is 0 Å². The van der Waals surface area contributed by atoms with Crippen molar-refractivity contribution in [2.45, 2.75) is 17.9 Å². The Kier molecular flexibility index (Phi) is 4.38. The summed E-state index contributed by atoms with van der Waals surface area (Å²) in [4.78, 5) is 14.3. The first-order valence-corrected chi connectivity index (χ1v) is 8.99. The summed E-state index contributed by atoms with van der Waals surface area (Å²) in [7, 11) is -3.73. The smallest absolute Gasteiger partial charge is 0.245 e. The minimum absolute atomic E-state index is 0.167. The number of piperazine rings is 1. The molecule has 0 aromatic heterocycles. The first-order valence-electron chi connectivity index (χ1n) is 7.55. The molecule has 5 nitrogen and oxygen atoms in total. The molecule has 0 saturated carbocycles. The van der Waals surface area contributed by atoms with Crippen LogP contribution < -0.4 is 4.90 Å². The maximum Gasteiger partial charge on any atom is 0.245 e. The van der Waals surface area contributed by atoms with Gasteiger partial charge in [0.15, 0.2) is 0 Å². The van der Waals surface area contributed by atoms with Gasteiger partial charge in [-0.25, -0.2) is 12.8 Å². The van der Waals surface area contributed by atoms with E-state index in [0.717, 1.165) is 0 Å². The molecule has 1 atom stereocenters. The van der Waals surface area contributed by atoms with E-state index in [1.54, 1.807) is 25.1 Å². The third-order valence-electron chi connectivity index (χ3n) is 4.09. The van der Waals surface area contributed by atoms with E-state index in [0.29, 0.717) is 5.69 Å². The van der Waals surface area contributed by atoms with E-state index in [1.807, 2.05) is 0 Å². The highest BCUT2D eigenvalue weighted by atomic mass is 32.2. The highest BCUT2D eigenvalue weighted by Crippen LogP contribution is 2.25. The highest BCUT2D eigenvalue weighted by Gasteiger charge is 2.39. The zero-order chi connectivity index (χ0) is 17.3. The number of halogens is 1. The molecule has 1 aliphatic heterocycles. The first kappa shape index (κ1) is 16.6. The van der Waals surface area contributed by atoms with Crippen LogP contribution >= 0.6 is 0 Å². The van der Waals surface area contributed by atoms with Crippen LogP contribution in [0.15, 0.2) is 59.5 Å². The van der Waals surface area contributed by atoms with Gasteiger partial charge in [-0.15, -0.1) is 0 Å². The average Bonchev–Trinajstić information content (AvgIpc) is 2.59. The maximum absolute atomic E-state index is 13.0. The fraction of sp³-hybridized carbons (Fsp3) is 0.235. The van der Waals surface area contributed by atoms with E-state index < -0.39 is 16.1 Å². The second-order valence-corrected chi connectivity index (χ2v) is 7.46. The minimum atomic E-state index is -3.73. The van der Waals surface area contributed by atoms with Crippen molar-refractivity contribution in [2.24, 2.45) is 0 Å². The molecular formula is C17H17FN2O3S. The van der Waals surface area contributed by atoms with Crippen molar-refractivity contribution < 1.29 is 17.6 Å². The summed E-state index contributed by atoms with van der Waals surface area (Å²) in [6, 6.07) is 12.8. The van der Waals surface area contributed by atoms with Gasteiger partial charge in [-0.1, -0.05) is 18.2 Å². The van der Waals surface area contributed by atoms with E-state index in [1.165, 1.54) is 45.6 Å². The number of anilines is 1. The molecular weight excluding hydrogens is 331 g/mol. The van der Waals surface area contributed by atoms with E-state index in [-0.39, 0.29) is 29.7 Å². The van der Waals surface area contributed by atoms with Crippen LogP contribution in [0.4, 0.5) is 10.1 Å². The van der Waals surface area contributed by atoms with E-state index in [9.17, 15) is 17.6 Å². The summed E-state index contributed by atoms with van der Waals surface area (Å²) < 4.78 is 39.7. The number of carbonyl (C=O) groups excluding carboxylic acids is 1. The van der Waals surface area contributed by atoms with Gasteiger partial charge in [0, 0.05) is 18.8 Å². The Morgan fingerprint density at radius 1 is 1.00 bits per heavy atom. The molecule has 1 amide bonds. The standard InChI is InChI=1S/C17H17FN2O3S/c1-13-17(21)19(15-9-7-14(18)8-10-15)11-12-20(13)24(22,23)16-5-3-2-4-6-16/h2-10,13H,11-12H2,1H3. The number of hydrogen-bond acceptors (Lipinski definition) is 3. The van der Waals surface area contributed by atoms with Crippen molar-refractivity contribution in [1.29, 1.82) is 0 Å². The molecule has 0 N–H and O–H groups in total. The van der Waals surface area contributed by atoms with Crippen molar-refractivity contribution in [2.75, 3.05) is 18.0 Å². The lowest BCUT2D eigenvalue weighted by Crippen LogP contribution is -2.57. The molecule has 1 aliphatic rings. The number of carbonyl (C=O) groups is 1. The Hall–Kier alpha value is -2.25. The number of nitrogens with zero attached hydrogens (tertiary/aromatic N) is 2. The molecule has 1 unspecified atom stereocenters. The maximum atomic E-state index is 13.0. The molecule has 0 spiro atoms. The summed E-state index contributed by atoms with van der Waals surface area (Å²) >= 11 is 0. The molecule has 2 aromatic carbocycles. The van der Waals surface area contributed by atoms with Crippen LogP contribution in [-0.2, 0) is 14.8 Å². The van der Waals surface area contributed by atoms with Gasteiger partial charge in [-0.2, -0.15) is 4.31 Å². The van der Waals surface area contributed by atoms with Gasteiger partial charge in [0.2, 0.25) is 15.9 Å².